The van der Waals surface area contributed by atoms with Gasteiger partial charge in [-0.25, -0.2) is 14.1 Å². The van der Waals surface area contributed by atoms with Crippen LogP contribution < -0.4 is 5.56 Å². The summed E-state index contributed by atoms with van der Waals surface area (Å²) in [7, 11) is 0. The maximum absolute atomic E-state index is 14.8. The first kappa shape index (κ1) is 23.8. The third kappa shape index (κ3) is 3.78. The van der Waals surface area contributed by atoms with Gasteiger partial charge in [0.25, 0.3) is 17.3 Å². The van der Waals surface area contributed by atoms with E-state index < -0.39 is 35.3 Å². The SMILES string of the molecule is CC1C2=[N+](C(C(F)(F)F)=N2)C(C)(C)CN1C(=O)c1cc(Cc2n[nH]c(=O)c3ccccc23)ccc1F. The third-order valence-electron chi connectivity index (χ3n) is 6.59. The summed E-state index contributed by atoms with van der Waals surface area (Å²) in [6.07, 6.45) is -4.38. The van der Waals surface area contributed by atoms with E-state index in [1.807, 2.05) is 0 Å². The smallest absolute Gasteiger partial charge is 0.322 e. The molecule has 1 unspecified atom stereocenters. The van der Waals surface area contributed by atoms with Crippen LogP contribution in [-0.4, -0.2) is 61.6 Å². The first-order valence-electron chi connectivity index (χ1n) is 11.3. The molecular formula is C25H22F4N5O2+. The molecule has 186 valence electrons. The molecular weight excluding hydrogens is 478 g/mol. The zero-order valence-corrected chi connectivity index (χ0v) is 19.7. The zero-order valence-electron chi connectivity index (χ0n) is 19.7. The minimum atomic E-state index is -4.60. The summed E-state index contributed by atoms with van der Waals surface area (Å²) in [5, 5.41) is 7.69. The number of aliphatic imine (C=N–C) groups is 1. The molecule has 0 bridgehead atoms. The molecule has 0 saturated carbocycles. The second-order valence-electron chi connectivity index (χ2n) is 9.58. The second-order valence-corrected chi connectivity index (χ2v) is 9.58. The number of aromatic amines is 1. The number of carbonyl (C=O) groups is 1. The van der Waals surface area contributed by atoms with Crippen LogP contribution in [0.2, 0.25) is 0 Å². The van der Waals surface area contributed by atoms with Gasteiger partial charge in [-0.2, -0.15) is 18.3 Å². The molecule has 2 aliphatic rings. The molecule has 36 heavy (non-hydrogen) atoms. The van der Waals surface area contributed by atoms with E-state index in [1.165, 1.54) is 23.1 Å². The number of benzene rings is 2. The highest BCUT2D eigenvalue weighted by Gasteiger charge is 2.59. The third-order valence-corrected chi connectivity index (χ3v) is 6.59. The Morgan fingerprint density at radius 2 is 1.89 bits per heavy atom. The number of alkyl halides is 3. The lowest BCUT2D eigenvalue weighted by Crippen LogP contribution is -2.68. The second kappa shape index (κ2) is 8.07. The summed E-state index contributed by atoms with van der Waals surface area (Å²) in [5.41, 5.74) is -0.472. The lowest BCUT2D eigenvalue weighted by molar-refractivity contribution is -0.530. The summed E-state index contributed by atoms with van der Waals surface area (Å²) >= 11 is 0. The number of rotatable bonds is 3. The molecule has 11 heteroatoms. The van der Waals surface area contributed by atoms with Crippen molar-refractivity contribution >= 4 is 28.4 Å². The van der Waals surface area contributed by atoms with Crippen LogP contribution in [0.25, 0.3) is 10.8 Å². The van der Waals surface area contributed by atoms with E-state index in [2.05, 4.69) is 15.2 Å². The number of amides is 1. The van der Waals surface area contributed by atoms with Gasteiger partial charge in [-0.05, 0) is 44.5 Å². The molecule has 7 nitrogen and oxygen atoms in total. The fraction of sp³-hybridized carbons (Fsp3) is 0.320. The lowest BCUT2D eigenvalue weighted by atomic mass is 9.94. The number of fused-ring (bicyclic) bond motifs is 1. The topological polar surface area (TPSA) is 81.4 Å². The summed E-state index contributed by atoms with van der Waals surface area (Å²) in [5.74, 6) is -2.26. The van der Waals surface area contributed by atoms with Crippen molar-refractivity contribution in [1.82, 2.24) is 15.1 Å². The van der Waals surface area contributed by atoms with Crippen molar-refractivity contribution in [3.8, 4) is 0 Å². The van der Waals surface area contributed by atoms with Gasteiger partial charge in [0, 0.05) is 11.8 Å². The minimum Gasteiger partial charge on any atom is -0.322 e. The van der Waals surface area contributed by atoms with E-state index in [0.717, 1.165) is 4.58 Å². The summed E-state index contributed by atoms with van der Waals surface area (Å²) in [4.78, 5) is 30.5. The van der Waals surface area contributed by atoms with Crippen molar-refractivity contribution in [2.24, 2.45) is 4.99 Å². The molecule has 1 amide bonds. The van der Waals surface area contributed by atoms with Gasteiger partial charge >= 0.3 is 12.0 Å². The van der Waals surface area contributed by atoms with Gasteiger partial charge in [0.1, 0.15) is 17.4 Å². The molecule has 2 aliphatic heterocycles. The standard InChI is InChI=1S/C25H21F4N5O2/c1-13-20-30-23(25(27,28)29)34(20)24(2,3)12-33(13)22(36)17-10-14(8-9-18(17)26)11-19-15-6-4-5-7-16(15)21(35)32-31-19/h4-10,13H,11-12H2,1-3H3/p+1. The Kier molecular flexibility index (Phi) is 5.34. The first-order valence-corrected chi connectivity index (χ1v) is 11.3. The van der Waals surface area contributed by atoms with E-state index in [-0.39, 0.29) is 29.9 Å². The number of aromatic nitrogens is 2. The lowest BCUT2D eigenvalue weighted by Gasteiger charge is -2.45. The van der Waals surface area contributed by atoms with Gasteiger partial charge in [0.05, 0.1) is 23.2 Å². The van der Waals surface area contributed by atoms with Crippen molar-refractivity contribution in [3.05, 3.63) is 75.5 Å². The van der Waals surface area contributed by atoms with Crippen LogP contribution in [-0.2, 0) is 6.42 Å². The number of H-pyrrole nitrogens is 1. The van der Waals surface area contributed by atoms with Crippen molar-refractivity contribution in [2.75, 3.05) is 6.54 Å². The molecule has 1 aromatic heterocycles. The molecule has 1 atom stereocenters. The van der Waals surface area contributed by atoms with Crippen molar-refractivity contribution < 1.29 is 26.9 Å². The molecule has 2 aromatic carbocycles. The van der Waals surface area contributed by atoms with Crippen molar-refractivity contribution in [3.63, 3.8) is 0 Å². The predicted molar refractivity (Wildman–Crippen MR) is 125 cm³/mol. The summed E-state index contributed by atoms with van der Waals surface area (Å²) < 4.78 is 55.9. The van der Waals surface area contributed by atoms with Crippen LogP contribution in [0.5, 0.6) is 0 Å². The molecule has 1 N–H and O–H groups in total. The zero-order chi connectivity index (χ0) is 26.0. The first-order chi connectivity index (χ1) is 16.9. The number of nitrogens with one attached hydrogen (secondary N) is 1. The molecule has 3 heterocycles. The summed E-state index contributed by atoms with van der Waals surface area (Å²) in [6.45, 7) is 4.68. The van der Waals surface area contributed by atoms with Gasteiger partial charge < -0.3 is 4.90 Å². The Balaban J connectivity index is 1.46. The fourth-order valence-corrected chi connectivity index (χ4v) is 4.85. The van der Waals surface area contributed by atoms with Crippen LogP contribution in [0.15, 0.2) is 52.3 Å². The molecule has 0 spiro atoms. The average molecular weight is 500 g/mol. The Bertz CT molecular complexity index is 1540. The highest BCUT2D eigenvalue weighted by Crippen LogP contribution is 2.34. The Morgan fingerprint density at radius 3 is 2.58 bits per heavy atom. The highest BCUT2D eigenvalue weighted by molar-refractivity contribution is 6.08. The Labute approximate surface area is 202 Å². The fourth-order valence-electron chi connectivity index (χ4n) is 4.85. The van der Waals surface area contributed by atoms with E-state index in [4.69, 9.17) is 0 Å². The molecule has 0 fully saturated rings. The van der Waals surface area contributed by atoms with Gasteiger partial charge in [0.2, 0.25) is 0 Å². The Hall–Kier alpha value is -3.89. The van der Waals surface area contributed by atoms with Crippen molar-refractivity contribution in [1.29, 1.82) is 0 Å². The van der Waals surface area contributed by atoms with Gasteiger partial charge in [-0.15, -0.1) is 0 Å². The van der Waals surface area contributed by atoms with Crippen LogP contribution in [0.3, 0.4) is 0 Å². The Morgan fingerprint density at radius 1 is 1.19 bits per heavy atom. The van der Waals surface area contributed by atoms with Crippen LogP contribution >= 0.6 is 0 Å². The normalized spacial score (nSPS) is 19.1. The number of hydrogen-bond donors (Lipinski definition) is 1. The van der Waals surface area contributed by atoms with Gasteiger partial charge in [0.15, 0.2) is 0 Å². The van der Waals surface area contributed by atoms with Gasteiger partial charge in [-0.3, -0.25) is 9.59 Å². The minimum absolute atomic E-state index is 0.0542. The molecule has 0 radical (unpaired) electrons. The van der Waals surface area contributed by atoms with Gasteiger partial charge in [-0.1, -0.05) is 29.3 Å². The molecule has 5 rings (SSSR count). The molecule has 0 saturated heterocycles. The quantitative estimate of drug-likeness (QED) is 0.440. The van der Waals surface area contributed by atoms with Crippen LogP contribution in [0, 0.1) is 5.82 Å². The number of hydrogen-bond acceptors (Lipinski definition) is 4. The summed E-state index contributed by atoms with van der Waals surface area (Å²) in [6, 6.07) is 10.3. The van der Waals surface area contributed by atoms with E-state index in [1.54, 1.807) is 45.0 Å². The van der Waals surface area contributed by atoms with E-state index >= 15 is 0 Å². The number of nitrogens with zero attached hydrogens (tertiary/aromatic N) is 4. The molecule has 0 aliphatic carbocycles. The number of halogens is 4. The highest BCUT2D eigenvalue weighted by atomic mass is 19.4. The van der Waals surface area contributed by atoms with E-state index in [9.17, 15) is 27.2 Å². The maximum Gasteiger partial charge on any atom is 0.482 e. The number of amidine groups is 2. The van der Waals surface area contributed by atoms with Crippen LogP contribution in [0.1, 0.15) is 42.4 Å². The monoisotopic (exact) mass is 500 g/mol. The maximum atomic E-state index is 14.8. The average Bonchev–Trinajstić information content (AvgIpc) is 2.77. The number of carbonyl (C=O) groups excluding carboxylic acids is 1. The molecule has 3 aromatic rings. The van der Waals surface area contributed by atoms with E-state index in [0.29, 0.717) is 22.0 Å². The largest absolute Gasteiger partial charge is 0.482 e. The predicted octanol–water partition coefficient (Wildman–Crippen LogP) is 3.66. The van der Waals surface area contributed by atoms with Crippen LogP contribution in [0.4, 0.5) is 17.6 Å². The van der Waals surface area contributed by atoms with Crippen molar-refractivity contribution in [2.45, 2.75) is 44.9 Å².